The molecule has 0 aliphatic heterocycles. The van der Waals surface area contributed by atoms with Crippen molar-refractivity contribution in [2.24, 2.45) is 11.8 Å². The number of aliphatic hydroxyl groups excluding tert-OH is 1. The van der Waals surface area contributed by atoms with E-state index >= 15 is 0 Å². The van der Waals surface area contributed by atoms with Gasteiger partial charge in [0.05, 0.1) is 12.6 Å². The Morgan fingerprint density at radius 3 is 2.84 bits per heavy atom. The van der Waals surface area contributed by atoms with Gasteiger partial charge in [0.25, 0.3) is 0 Å². The quantitative estimate of drug-likeness (QED) is 0.664. The molecule has 2 aliphatic rings. The first-order chi connectivity index (χ1) is 12.0. The Balaban J connectivity index is 1.50. The normalized spacial score (nSPS) is 23.3. The molecule has 136 valence electrons. The number of halogens is 1. The fourth-order valence-corrected chi connectivity index (χ4v) is 2.90. The second-order valence-corrected chi connectivity index (χ2v) is 6.95. The second kappa shape index (κ2) is 7.87. The van der Waals surface area contributed by atoms with Gasteiger partial charge in [0.1, 0.15) is 0 Å². The standard InChI is InChI=1S/C19H25FN2O3/c1-12(21-19(24)22-16-6-4-14(8-16)10-23)15-5-7-18(17(20)9-15)25-11-13-2-3-13/h4-7,9,12-14,16,23H,2-3,8,10-11H2,1H3,(H2,21,22,24)/t12?,14-,16+/m0/s1. The molecule has 0 heterocycles. The van der Waals surface area contributed by atoms with Crippen LogP contribution in [-0.2, 0) is 0 Å². The van der Waals surface area contributed by atoms with Crippen molar-refractivity contribution in [1.82, 2.24) is 10.6 Å². The summed E-state index contributed by atoms with van der Waals surface area (Å²) in [5.74, 6) is 0.522. The maximum Gasteiger partial charge on any atom is 0.315 e. The van der Waals surface area contributed by atoms with E-state index in [4.69, 9.17) is 9.84 Å². The fourth-order valence-electron chi connectivity index (χ4n) is 2.90. The first kappa shape index (κ1) is 17.7. The summed E-state index contributed by atoms with van der Waals surface area (Å²) in [5.41, 5.74) is 0.682. The number of ether oxygens (including phenoxy) is 1. The molecule has 0 saturated heterocycles. The molecule has 0 aromatic heterocycles. The molecule has 1 aromatic carbocycles. The summed E-state index contributed by atoms with van der Waals surface area (Å²) in [6.07, 6.45) is 6.80. The number of aliphatic hydroxyl groups is 1. The van der Waals surface area contributed by atoms with E-state index in [1.54, 1.807) is 19.1 Å². The van der Waals surface area contributed by atoms with E-state index in [0.29, 0.717) is 24.5 Å². The largest absolute Gasteiger partial charge is 0.490 e. The summed E-state index contributed by atoms with van der Waals surface area (Å²) in [4.78, 5) is 12.1. The zero-order valence-electron chi connectivity index (χ0n) is 14.4. The minimum atomic E-state index is -0.406. The molecule has 2 aliphatic carbocycles. The number of rotatable bonds is 7. The summed E-state index contributed by atoms with van der Waals surface area (Å²) in [5, 5.41) is 14.8. The maximum absolute atomic E-state index is 14.1. The third kappa shape index (κ3) is 4.95. The maximum atomic E-state index is 14.1. The number of amides is 2. The molecule has 1 fully saturated rings. The average molecular weight is 348 g/mol. The van der Waals surface area contributed by atoms with Crippen molar-refractivity contribution >= 4 is 6.03 Å². The molecule has 1 unspecified atom stereocenters. The van der Waals surface area contributed by atoms with Gasteiger partial charge in [0, 0.05) is 18.6 Å². The van der Waals surface area contributed by atoms with Gasteiger partial charge < -0.3 is 20.5 Å². The zero-order valence-corrected chi connectivity index (χ0v) is 14.4. The van der Waals surface area contributed by atoms with Crippen LogP contribution in [0.3, 0.4) is 0 Å². The molecule has 0 spiro atoms. The van der Waals surface area contributed by atoms with Crippen LogP contribution in [0.4, 0.5) is 9.18 Å². The molecular formula is C19H25FN2O3. The Kier molecular flexibility index (Phi) is 5.58. The number of carbonyl (C=O) groups is 1. The van der Waals surface area contributed by atoms with E-state index in [0.717, 1.165) is 12.8 Å². The molecule has 3 N–H and O–H groups in total. The number of urea groups is 1. The Bertz CT molecular complexity index is 646. The summed E-state index contributed by atoms with van der Waals surface area (Å²) < 4.78 is 19.6. The number of nitrogens with one attached hydrogen (secondary N) is 2. The zero-order chi connectivity index (χ0) is 17.8. The van der Waals surface area contributed by atoms with Gasteiger partial charge in [0.2, 0.25) is 0 Å². The highest BCUT2D eigenvalue weighted by Gasteiger charge is 2.23. The Morgan fingerprint density at radius 2 is 2.20 bits per heavy atom. The predicted molar refractivity (Wildman–Crippen MR) is 92.8 cm³/mol. The molecule has 0 radical (unpaired) electrons. The lowest BCUT2D eigenvalue weighted by Gasteiger charge is -2.18. The number of carbonyl (C=O) groups excluding carboxylic acids is 1. The smallest absolute Gasteiger partial charge is 0.315 e. The minimum Gasteiger partial charge on any atom is -0.490 e. The lowest BCUT2D eigenvalue weighted by atomic mass is 10.1. The van der Waals surface area contributed by atoms with Gasteiger partial charge >= 0.3 is 6.03 Å². The molecule has 2 amide bonds. The minimum absolute atomic E-state index is 0.0840. The second-order valence-electron chi connectivity index (χ2n) is 6.95. The van der Waals surface area contributed by atoms with Crippen LogP contribution in [0.25, 0.3) is 0 Å². The Labute approximate surface area is 147 Å². The van der Waals surface area contributed by atoms with Crippen molar-refractivity contribution in [3.63, 3.8) is 0 Å². The first-order valence-corrected chi connectivity index (χ1v) is 8.83. The van der Waals surface area contributed by atoms with Gasteiger partial charge in [-0.25, -0.2) is 9.18 Å². The van der Waals surface area contributed by atoms with Crippen molar-refractivity contribution in [3.8, 4) is 5.75 Å². The van der Waals surface area contributed by atoms with Gasteiger partial charge in [-0.3, -0.25) is 0 Å². The van der Waals surface area contributed by atoms with Crippen LogP contribution >= 0.6 is 0 Å². The van der Waals surface area contributed by atoms with Crippen molar-refractivity contribution in [3.05, 3.63) is 41.7 Å². The van der Waals surface area contributed by atoms with Crippen molar-refractivity contribution in [1.29, 1.82) is 0 Å². The lowest BCUT2D eigenvalue weighted by molar-refractivity contribution is 0.229. The lowest BCUT2D eigenvalue weighted by Crippen LogP contribution is -2.41. The third-order valence-corrected chi connectivity index (χ3v) is 4.70. The molecule has 0 bridgehead atoms. The monoisotopic (exact) mass is 348 g/mol. The van der Waals surface area contributed by atoms with E-state index in [-0.39, 0.29) is 36.4 Å². The molecule has 3 atom stereocenters. The highest BCUT2D eigenvalue weighted by Crippen LogP contribution is 2.30. The summed E-state index contributed by atoms with van der Waals surface area (Å²) in [6, 6.07) is 4.08. The molecule has 1 saturated carbocycles. The van der Waals surface area contributed by atoms with Crippen molar-refractivity contribution in [2.45, 2.75) is 38.3 Å². The number of hydrogen-bond donors (Lipinski definition) is 3. The molecule has 1 aromatic rings. The predicted octanol–water partition coefficient (Wildman–Crippen LogP) is 2.91. The summed E-state index contributed by atoms with van der Waals surface area (Å²) in [6.45, 7) is 2.46. The van der Waals surface area contributed by atoms with E-state index in [1.807, 2.05) is 12.2 Å². The van der Waals surface area contributed by atoms with Crippen LogP contribution in [0.5, 0.6) is 5.75 Å². The topological polar surface area (TPSA) is 70.6 Å². The first-order valence-electron chi connectivity index (χ1n) is 8.83. The molecule has 25 heavy (non-hydrogen) atoms. The highest BCUT2D eigenvalue weighted by molar-refractivity contribution is 5.75. The average Bonchev–Trinajstić information content (AvgIpc) is 3.31. The van der Waals surface area contributed by atoms with E-state index < -0.39 is 5.82 Å². The van der Waals surface area contributed by atoms with E-state index in [2.05, 4.69) is 10.6 Å². The Hall–Kier alpha value is -2.08. The van der Waals surface area contributed by atoms with Crippen molar-refractivity contribution < 1.29 is 19.0 Å². The van der Waals surface area contributed by atoms with Crippen LogP contribution in [0.2, 0.25) is 0 Å². The van der Waals surface area contributed by atoms with E-state index in [9.17, 15) is 9.18 Å². The van der Waals surface area contributed by atoms with Gasteiger partial charge in [0.15, 0.2) is 11.6 Å². The van der Waals surface area contributed by atoms with Crippen LogP contribution in [0.15, 0.2) is 30.4 Å². The van der Waals surface area contributed by atoms with Gasteiger partial charge in [-0.2, -0.15) is 0 Å². The molecule has 6 heteroatoms. The molecule has 3 rings (SSSR count). The van der Waals surface area contributed by atoms with Crippen LogP contribution < -0.4 is 15.4 Å². The van der Waals surface area contributed by atoms with Gasteiger partial charge in [-0.15, -0.1) is 0 Å². The van der Waals surface area contributed by atoms with E-state index in [1.165, 1.54) is 6.07 Å². The number of benzene rings is 1. The van der Waals surface area contributed by atoms with Gasteiger partial charge in [-0.05, 0) is 49.8 Å². The van der Waals surface area contributed by atoms with Crippen molar-refractivity contribution in [2.75, 3.05) is 13.2 Å². The summed E-state index contributed by atoms with van der Waals surface area (Å²) >= 11 is 0. The fraction of sp³-hybridized carbons (Fsp3) is 0.526. The molecular weight excluding hydrogens is 323 g/mol. The van der Waals surface area contributed by atoms with Crippen LogP contribution in [0, 0.1) is 17.7 Å². The van der Waals surface area contributed by atoms with Crippen LogP contribution in [-0.4, -0.2) is 30.4 Å². The third-order valence-electron chi connectivity index (χ3n) is 4.70. The number of hydrogen-bond acceptors (Lipinski definition) is 3. The Morgan fingerprint density at radius 1 is 1.40 bits per heavy atom. The summed E-state index contributed by atoms with van der Waals surface area (Å²) in [7, 11) is 0. The highest BCUT2D eigenvalue weighted by atomic mass is 19.1. The SMILES string of the molecule is CC(NC(=O)N[C@@H]1C=C[C@H](CO)C1)c1ccc(OCC2CC2)c(F)c1. The van der Waals surface area contributed by atoms with Gasteiger partial charge in [-0.1, -0.05) is 18.2 Å². The molecule has 5 nitrogen and oxygen atoms in total. The van der Waals surface area contributed by atoms with Crippen LogP contribution in [0.1, 0.15) is 37.8 Å².